The van der Waals surface area contributed by atoms with Crippen molar-refractivity contribution >= 4 is 0 Å². The second kappa shape index (κ2) is 4.87. The number of ether oxygens (including phenoxy) is 1. The quantitative estimate of drug-likeness (QED) is 0.693. The lowest BCUT2D eigenvalue weighted by atomic mass is 10.2. The van der Waals surface area contributed by atoms with Crippen molar-refractivity contribution in [2.45, 2.75) is 26.4 Å². The maximum absolute atomic E-state index is 5.06. The highest BCUT2D eigenvalue weighted by Crippen LogP contribution is 2.11. The van der Waals surface area contributed by atoms with Crippen molar-refractivity contribution in [2.24, 2.45) is 0 Å². The second-order valence-corrected chi connectivity index (χ2v) is 3.28. The van der Waals surface area contributed by atoms with Crippen LogP contribution in [0.2, 0.25) is 0 Å². The van der Waals surface area contributed by atoms with Crippen molar-refractivity contribution in [2.75, 3.05) is 7.11 Å². The summed E-state index contributed by atoms with van der Waals surface area (Å²) in [6, 6.07) is 8.42. The largest absolute Gasteiger partial charge is 0.497 e. The van der Waals surface area contributed by atoms with Gasteiger partial charge in [0.25, 0.3) is 0 Å². The maximum atomic E-state index is 5.06. The molecule has 0 aliphatic rings. The summed E-state index contributed by atoms with van der Waals surface area (Å²) in [5.74, 6) is 0.897. The van der Waals surface area contributed by atoms with Crippen molar-refractivity contribution in [1.82, 2.24) is 5.32 Å². The van der Waals surface area contributed by atoms with E-state index < -0.39 is 0 Å². The molecule has 0 aliphatic carbocycles. The Bertz CT molecular complexity index is 241. The minimum Gasteiger partial charge on any atom is -0.497 e. The van der Waals surface area contributed by atoms with Gasteiger partial charge < -0.3 is 4.74 Å². The molecule has 0 spiro atoms. The molecule has 71 valence electrons. The molecular formula is C11H16NO. The first kappa shape index (κ1) is 10.1. The first-order chi connectivity index (χ1) is 6.22. The van der Waals surface area contributed by atoms with Crippen molar-refractivity contribution in [3.63, 3.8) is 0 Å². The number of hydrogen-bond donors (Lipinski definition) is 0. The third-order valence-electron chi connectivity index (χ3n) is 1.80. The molecule has 0 saturated carbocycles. The molecule has 0 N–H and O–H groups in total. The maximum Gasteiger partial charge on any atom is 0.118 e. The summed E-state index contributed by atoms with van der Waals surface area (Å²) in [6.45, 7) is 4.97. The zero-order chi connectivity index (χ0) is 9.68. The number of methoxy groups -OCH3 is 1. The van der Waals surface area contributed by atoms with Crippen molar-refractivity contribution in [1.29, 1.82) is 0 Å². The molecule has 13 heavy (non-hydrogen) atoms. The van der Waals surface area contributed by atoms with Crippen LogP contribution < -0.4 is 10.1 Å². The molecule has 0 heterocycles. The van der Waals surface area contributed by atoms with Crippen LogP contribution in [0.15, 0.2) is 24.3 Å². The Kier molecular flexibility index (Phi) is 3.77. The summed E-state index contributed by atoms with van der Waals surface area (Å²) in [4.78, 5) is 0. The molecule has 0 bridgehead atoms. The molecule has 2 heteroatoms. The van der Waals surface area contributed by atoms with E-state index in [-0.39, 0.29) is 0 Å². The van der Waals surface area contributed by atoms with E-state index in [1.54, 1.807) is 7.11 Å². The van der Waals surface area contributed by atoms with Crippen LogP contribution in [0.5, 0.6) is 5.75 Å². The lowest BCUT2D eigenvalue weighted by Crippen LogP contribution is -2.13. The molecule has 1 aromatic rings. The van der Waals surface area contributed by atoms with Crippen molar-refractivity contribution < 1.29 is 4.74 Å². The van der Waals surface area contributed by atoms with Crippen LogP contribution in [0.25, 0.3) is 0 Å². The van der Waals surface area contributed by atoms with Gasteiger partial charge >= 0.3 is 0 Å². The van der Waals surface area contributed by atoms with E-state index >= 15 is 0 Å². The second-order valence-electron chi connectivity index (χ2n) is 3.28. The lowest BCUT2D eigenvalue weighted by molar-refractivity contribution is 0.414. The molecule has 0 fully saturated rings. The fraction of sp³-hybridized carbons (Fsp3) is 0.455. The first-order valence-corrected chi connectivity index (χ1v) is 4.52. The van der Waals surface area contributed by atoms with E-state index in [2.05, 4.69) is 19.2 Å². The Hall–Kier alpha value is -1.02. The van der Waals surface area contributed by atoms with Crippen molar-refractivity contribution in [3.05, 3.63) is 29.8 Å². The van der Waals surface area contributed by atoms with Gasteiger partial charge in [-0.2, -0.15) is 0 Å². The average molecular weight is 178 g/mol. The van der Waals surface area contributed by atoms with Crippen LogP contribution in [-0.2, 0) is 6.54 Å². The summed E-state index contributed by atoms with van der Waals surface area (Å²) in [5, 5.41) is 4.41. The molecule has 0 aromatic heterocycles. The van der Waals surface area contributed by atoms with E-state index in [1.807, 2.05) is 24.3 Å². The van der Waals surface area contributed by atoms with Gasteiger partial charge in [-0.15, -0.1) is 0 Å². The zero-order valence-electron chi connectivity index (χ0n) is 8.45. The molecule has 2 nitrogen and oxygen atoms in total. The summed E-state index contributed by atoms with van der Waals surface area (Å²) in [6.07, 6.45) is 0. The monoisotopic (exact) mass is 178 g/mol. The van der Waals surface area contributed by atoms with Crippen LogP contribution in [0.3, 0.4) is 0 Å². The highest BCUT2D eigenvalue weighted by molar-refractivity contribution is 5.26. The minimum absolute atomic E-state index is 0.405. The van der Waals surface area contributed by atoms with Crippen LogP contribution in [0.1, 0.15) is 19.4 Å². The summed E-state index contributed by atoms with van der Waals surface area (Å²) in [5.41, 5.74) is 1.23. The summed E-state index contributed by atoms with van der Waals surface area (Å²) < 4.78 is 5.06. The summed E-state index contributed by atoms with van der Waals surface area (Å²) in [7, 11) is 1.67. The number of nitrogens with zero attached hydrogens (tertiary/aromatic N) is 1. The van der Waals surface area contributed by atoms with Crippen LogP contribution in [0.4, 0.5) is 0 Å². The molecule has 1 radical (unpaired) electrons. The molecule has 0 unspecified atom stereocenters. The van der Waals surface area contributed by atoms with Crippen LogP contribution >= 0.6 is 0 Å². The Morgan fingerprint density at radius 2 is 1.85 bits per heavy atom. The Labute approximate surface area is 79.9 Å². The van der Waals surface area contributed by atoms with Crippen LogP contribution in [0, 0.1) is 0 Å². The van der Waals surface area contributed by atoms with Crippen LogP contribution in [-0.4, -0.2) is 13.2 Å². The predicted octanol–water partition coefficient (Wildman–Crippen LogP) is 2.21. The molecule has 0 saturated heterocycles. The third-order valence-corrected chi connectivity index (χ3v) is 1.80. The Morgan fingerprint density at radius 3 is 2.31 bits per heavy atom. The standard InChI is InChI=1S/C11H16NO/c1-9(2)12-8-10-4-6-11(13-3)7-5-10/h4-7,9H,8H2,1-3H3. The SMILES string of the molecule is COc1ccc(C[N]C(C)C)cc1. The Morgan fingerprint density at radius 1 is 1.23 bits per heavy atom. The van der Waals surface area contributed by atoms with Gasteiger partial charge in [0.2, 0.25) is 0 Å². The highest BCUT2D eigenvalue weighted by atomic mass is 16.5. The third kappa shape index (κ3) is 3.47. The molecule has 0 amide bonds. The molecular weight excluding hydrogens is 162 g/mol. The van der Waals surface area contributed by atoms with Gasteiger partial charge in [0.05, 0.1) is 7.11 Å². The van der Waals surface area contributed by atoms with Gasteiger partial charge in [-0.05, 0) is 31.5 Å². The topological polar surface area (TPSA) is 23.3 Å². The number of benzene rings is 1. The fourth-order valence-corrected chi connectivity index (χ4v) is 1.02. The minimum atomic E-state index is 0.405. The van der Waals surface area contributed by atoms with E-state index in [9.17, 15) is 0 Å². The van der Waals surface area contributed by atoms with Gasteiger partial charge in [-0.3, -0.25) is 0 Å². The zero-order valence-corrected chi connectivity index (χ0v) is 8.45. The molecule has 1 aromatic carbocycles. The fourth-order valence-electron chi connectivity index (χ4n) is 1.02. The van der Waals surface area contributed by atoms with E-state index in [1.165, 1.54) is 5.56 Å². The van der Waals surface area contributed by atoms with E-state index in [0.717, 1.165) is 12.3 Å². The van der Waals surface area contributed by atoms with Gasteiger partial charge in [0, 0.05) is 12.6 Å². The average Bonchev–Trinajstić information content (AvgIpc) is 2.15. The normalized spacial score (nSPS) is 10.5. The van der Waals surface area contributed by atoms with E-state index in [4.69, 9.17) is 4.74 Å². The highest BCUT2D eigenvalue weighted by Gasteiger charge is 1.96. The van der Waals surface area contributed by atoms with Gasteiger partial charge in [-0.1, -0.05) is 12.1 Å². The molecule has 0 aliphatic heterocycles. The predicted molar refractivity (Wildman–Crippen MR) is 54.0 cm³/mol. The van der Waals surface area contributed by atoms with Crippen molar-refractivity contribution in [3.8, 4) is 5.75 Å². The van der Waals surface area contributed by atoms with Gasteiger partial charge in [0.1, 0.15) is 5.75 Å². The first-order valence-electron chi connectivity index (χ1n) is 4.52. The van der Waals surface area contributed by atoms with E-state index in [0.29, 0.717) is 6.04 Å². The molecule has 1 rings (SSSR count). The summed E-state index contributed by atoms with van der Waals surface area (Å²) >= 11 is 0. The van der Waals surface area contributed by atoms with Gasteiger partial charge in [-0.25, -0.2) is 5.32 Å². The molecule has 0 atom stereocenters. The number of rotatable bonds is 4. The number of hydrogen-bond acceptors (Lipinski definition) is 1. The smallest absolute Gasteiger partial charge is 0.118 e. The van der Waals surface area contributed by atoms with Gasteiger partial charge in [0.15, 0.2) is 0 Å². The Balaban J connectivity index is 2.49. The lowest BCUT2D eigenvalue weighted by Gasteiger charge is -2.06.